The van der Waals surface area contributed by atoms with Gasteiger partial charge in [0.15, 0.2) is 0 Å². The van der Waals surface area contributed by atoms with Crippen LogP contribution in [0.15, 0.2) is 48.9 Å². The molecule has 2 N–H and O–H groups in total. The summed E-state index contributed by atoms with van der Waals surface area (Å²) in [5.74, 6) is 0.524. The molecule has 0 amide bonds. The van der Waals surface area contributed by atoms with Crippen LogP contribution in [0, 0.1) is 0 Å². The minimum atomic E-state index is 0.524. The lowest BCUT2D eigenvalue weighted by atomic mass is 10.1. The summed E-state index contributed by atoms with van der Waals surface area (Å²) in [6.45, 7) is 0. The van der Waals surface area contributed by atoms with Crippen molar-refractivity contribution in [1.29, 1.82) is 0 Å². The number of hydrogen-bond acceptors (Lipinski definition) is 4. The Morgan fingerprint density at radius 1 is 0.944 bits per heavy atom. The number of hydrogen-bond donors (Lipinski definition) is 1. The first-order valence-electron chi connectivity index (χ1n) is 5.72. The summed E-state index contributed by atoms with van der Waals surface area (Å²) in [5, 5.41) is 0.899. The quantitative estimate of drug-likeness (QED) is 0.740. The Labute approximate surface area is 105 Å². The number of aromatic nitrogens is 3. The van der Waals surface area contributed by atoms with E-state index in [4.69, 9.17) is 5.73 Å². The van der Waals surface area contributed by atoms with E-state index in [2.05, 4.69) is 15.0 Å². The van der Waals surface area contributed by atoms with E-state index in [1.807, 2.05) is 30.3 Å². The molecule has 0 fully saturated rings. The monoisotopic (exact) mass is 236 g/mol. The zero-order valence-electron chi connectivity index (χ0n) is 9.74. The van der Waals surface area contributed by atoms with Crippen LogP contribution < -0.4 is 5.73 Å². The Balaban J connectivity index is 1.99. The minimum absolute atomic E-state index is 0.524. The van der Waals surface area contributed by atoms with E-state index in [9.17, 15) is 0 Å². The summed E-state index contributed by atoms with van der Waals surface area (Å²) < 4.78 is 0. The fourth-order valence-electron chi connectivity index (χ4n) is 1.93. The molecule has 0 spiro atoms. The van der Waals surface area contributed by atoms with Gasteiger partial charge in [-0.1, -0.05) is 0 Å². The van der Waals surface area contributed by atoms with Crippen molar-refractivity contribution in [3.8, 4) is 0 Å². The third-order valence-corrected chi connectivity index (χ3v) is 2.84. The molecule has 0 aromatic carbocycles. The van der Waals surface area contributed by atoms with Crippen LogP contribution in [0.3, 0.4) is 0 Å². The van der Waals surface area contributed by atoms with E-state index in [0.717, 1.165) is 23.0 Å². The lowest BCUT2D eigenvalue weighted by molar-refractivity contribution is 1.09. The van der Waals surface area contributed by atoms with Crippen LogP contribution in [-0.4, -0.2) is 15.0 Å². The van der Waals surface area contributed by atoms with Crippen molar-refractivity contribution >= 4 is 16.7 Å². The molecule has 0 saturated carbocycles. The molecule has 0 saturated heterocycles. The van der Waals surface area contributed by atoms with E-state index >= 15 is 0 Å². The molecule has 3 heterocycles. The molecule has 3 aromatic heterocycles. The van der Waals surface area contributed by atoms with E-state index in [1.165, 1.54) is 5.56 Å². The SMILES string of the molecule is Nc1nccc2nc(Cc3ccncc3)ccc12. The zero-order chi connectivity index (χ0) is 12.4. The molecule has 0 radical (unpaired) electrons. The molecule has 88 valence electrons. The number of rotatable bonds is 2. The molecule has 0 aliphatic rings. The van der Waals surface area contributed by atoms with Gasteiger partial charge < -0.3 is 5.73 Å². The number of nitrogens with zero attached hydrogens (tertiary/aromatic N) is 3. The van der Waals surface area contributed by atoms with E-state index in [-0.39, 0.29) is 0 Å². The fraction of sp³-hybridized carbons (Fsp3) is 0.0714. The highest BCUT2D eigenvalue weighted by molar-refractivity contribution is 5.87. The van der Waals surface area contributed by atoms with Crippen molar-refractivity contribution in [3.63, 3.8) is 0 Å². The van der Waals surface area contributed by atoms with Crippen LogP contribution in [0.25, 0.3) is 10.9 Å². The van der Waals surface area contributed by atoms with Gasteiger partial charge in [0, 0.05) is 36.1 Å². The Morgan fingerprint density at radius 3 is 2.61 bits per heavy atom. The smallest absolute Gasteiger partial charge is 0.132 e. The van der Waals surface area contributed by atoms with Gasteiger partial charge >= 0.3 is 0 Å². The van der Waals surface area contributed by atoms with Crippen LogP contribution in [0.2, 0.25) is 0 Å². The number of fused-ring (bicyclic) bond motifs is 1. The van der Waals surface area contributed by atoms with Crippen molar-refractivity contribution in [2.24, 2.45) is 0 Å². The molecule has 0 bridgehead atoms. The highest BCUT2D eigenvalue weighted by Gasteiger charge is 2.02. The molecular formula is C14H12N4. The summed E-state index contributed by atoms with van der Waals surface area (Å²) in [4.78, 5) is 12.6. The second-order valence-electron chi connectivity index (χ2n) is 4.10. The lowest BCUT2D eigenvalue weighted by Gasteiger charge is -2.04. The Bertz CT molecular complexity index is 680. The third kappa shape index (κ3) is 2.00. The average Bonchev–Trinajstić information content (AvgIpc) is 2.40. The predicted molar refractivity (Wildman–Crippen MR) is 71.0 cm³/mol. The maximum absolute atomic E-state index is 5.80. The Kier molecular flexibility index (Phi) is 2.61. The van der Waals surface area contributed by atoms with Crippen LogP contribution in [0.1, 0.15) is 11.3 Å². The molecule has 18 heavy (non-hydrogen) atoms. The first-order chi connectivity index (χ1) is 8.83. The number of anilines is 1. The average molecular weight is 236 g/mol. The first kappa shape index (κ1) is 10.7. The van der Waals surface area contributed by atoms with Gasteiger partial charge in [-0.15, -0.1) is 0 Å². The van der Waals surface area contributed by atoms with Crippen LogP contribution in [-0.2, 0) is 6.42 Å². The van der Waals surface area contributed by atoms with Crippen molar-refractivity contribution in [3.05, 3.63) is 60.2 Å². The summed E-state index contributed by atoms with van der Waals surface area (Å²) >= 11 is 0. The highest BCUT2D eigenvalue weighted by Crippen LogP contribution is 2.18. The minimum Gasteiger partial charge on any atom is -0.383 e. The number of nitrogens with two attached hydrogens (primary N) is 1. The maximum atomic E-state index is 5.80. The van der Waals surface area contributed by atoms with Crippen molar-refractivity contribution < 1.29 is 0 Å². The lowest BCUT2D eigenvalue weighted by Crippen LogP contribution is -1.96. The normalized spacial score (nSPS) is 10.7. The van der Waals surface area contributed by atoms with Crippen molar-refractivity contribution in [1.82, 2.24) is 15.0 Å². The third-order valence-electron chi connectivity index (χ3n) is 2.84. The molecular weight excluding hydrogens is 224 g/mol. The fourth-order valence-corrected chi connectivity index (χ4v) is 1.93. The Morgan fingerprint density at radius 2 is 1.78 bits per heavy atom. The summed E-state index contributed by atoms with van der Waals surface area (Å²) in [6, 6.07) is 9.82. The van der Waals surface area contributed by atoms with Crippen LogP contribution >= 0.6 is 0 Å². The van der Waals surface area contributed by atoms with Gasteiger partial charge in [-0.2, -0.15) is 0 Å². The molecule has 0 aliphatic heterocycles. The Hall–Kier alpha value is -2.49. The second kappa shape index (κ2) is 4.41. The second-order valence-corrected chi connectivity index (χ2v) is 4.10. The van der Waals surface area contributed by atoms with Gasteiger partial charge in [0.2, 0.25) is 0 Å². The highest BCUT2D eigenvalue weighted by atomic mass is 14.8. The van der Waals surface area contributed by atoms with E-state index < -0.39 is 0 Å². The summed E-state index contributed by atoms with van der Waals surface area (Å²) in [7, 11) is 0. The standard InChI is InChI=1S/C14H12N4/c15-14-12-2-1-11(18-13(12)5-8-17-14)9-10-3-6-16-7-4-10/h1-8H,9H2,(H2,15,17). The van der Waals surface area contributed by atoms with Gasteiger partial charge in [0.05, 0.1) is 5.52 Å². The van der Waals surface area contributed by atoms with E-state index in [1.54, 1.807) is 18.6 Å². The molecule has 0 unspecified atom stereocenters. The topological polar surface area (TPSA) is 64.7 Å². The summed E-state index contributed by atoms with van der Waals surface area (Å²) in [6.07, 6.45) is 6.05. The van der Waals surface area contributed by atoms with Gasteiger partial charge in [-0.25, -0.2) is 4.98 Å². The van der Waals surface area contributed by atoms with Crippen molar-refractivity contribution in [2.75, 3.05) is 5.73 Å². The molecule has 3 aromatic rings. The molecule has 4 nitrogen and oxygen atoms in total. The zero-order valence-corrected chi connectivity index (χ0v) is 9.74. The first-order valence-corrected chi connectivity index (χ1v) is 5.72. The van der Waals surface area contributed by atoms with Gasteiger partial charge in [-0.3, -0.25) is 9.97 Å². The number of pyridine rings is 3. The van der Waals surface area contributed by atoms with Crippen LogP contribution in [0.5, 0.6) is 0 Å². The molecule has 3 rings (SSSR count). The summed E-state index contributed by atoms with van der Waals surface area (Å²) in [5.41, 5.74) is 8.89. The van der Waals surface area contributed by atoms with Crippen LogP contribution in [0.4, 0.5) is 5.82 Å². The van der Waals surface area contributed by atoms with Gasteiger partial charge in [0.1, 0.15) is 5.82 Å². The largest absolute Gasteiger partial charge is 0.383 e. The molecule has 0 aliphatic carbocycles. The maximum Gasteiger partial charge on any atom is 0.132 e. The predicted octanol–water partition coefficient (Wildman–Crippen LogP) is 2.20. The molecule has 0 atom stereocenters. The van der Waals surface area contributed by atoms with E-state index in [0.29, 0.717) is 5.82 Å². The van der Waals surface area contributed by atoms with Crippen molar-refractivity contribution in [2.45, 2.75) is 6.42 Å². The van der Waals surface area contributed by atoms with Gasteiger partial charge in [0.25, 0.3) is 0 Å². The molecule has 4 heteroatoms. The number of nitrogen functional groups attached to an aromatic ring is 1. The van der Waals surface area contributed by atoms with Gasteiger partial charge in [-0.05, 0) is 35.9 Å².